The van der Waals surface area contributed by atoms with Gasteiger partial charge in [0.2, 0.25) is 0 Å². The molecule has 0 unspecified atom stereocenters. The summed E-state index contributed by atoms with van der Waals surface area (Å²) in [6.45, 7) is 6.05. The van der Waals surface area contributed by atoms with Crippen LogP contribution in [0.1, 0.15) is 29.2 Å². The van der Waals surface area contributed by atoms with Gasteiger partial charge < -0.3 is 9.84 Å². The fourth-order valence-electron chi connectivity index (χ4n) is 2.62. The lowest BCUT2D eigenvalue weighted by molar-refractivity contribution is -0.133. The summed E-state index contributed by atoms with van der Waals surface area (Å²) in [5, 5.41) is 13.3. The van der Waals surface area contributed by atoms with E-state index in [1.807, 2.05) is 37.3 Å². The third-order valence-electron chi connectivity index (χ3n) is 3.76. The molecule has 0 atom stereocenters. The van der Waals surface area contributed by atoms with Crippen molar-refractivity contribution < 1.29 is 14.6 Å². The van der Waals surface area contributed by atoms with Crippen LogP contribution in [0.3, 0.4) is 0 Å². The number of aryl methyl sites for hydroxylation is 2. The molecule has 0 radical (unpaired) electrons. The van der Waals surface area contributed by atoms with Crippen LogP contribution >= 0.6 is 11.8 Å². The molecule has 0 saturated heterocycles. The Bertz CT molecular complexity index is 798. The fraction of sp³-hybridized carbons (Fsp3) is 0.300. The average Bonchev–Trinajstić information content (AvgIpc) is 2.58. The van der Waals surface area contributed by atoms with Gasteiger partial charge in [0, 0.05) is 11.3 Å². The predicted octanol–water partition coefficient (Wildman–Crippen LogP) is 4.47. The van der Waals surface area contributed by atoms with Crippen LogP contribution in [0.25, 0.3) is 0 Å². The number of ether oxygens (including phenoxy) is 1. The molecule has 0 heterocycles. The summed E-state index contributed by atoms with van der Waals surface area (Å²) in [6.07, 6.45) is 0. The first-order valence-electron chi connectivity index (χ1n) is 8.24. The Hall–Kier alpha value is -2.47. The number of carboxylic acids is 1. The topological polar surface area (TPSA) is 70.9 Å². The number of hydrazone groups is 1. The number of aliphatic carboxylic acids is 1. The standard InChI is InChI=1S/C20H24N2O3S/c1-13-7-14(2)9-18(8-13)22-21-15(3)16-5-6-19(25-4)17(10-16)11-26-12-20(23)24/h5-10,22H,11-12H2,1-4H3,(H,23,24)/b21-15-. The van der Waals surface area contributed by atoms with E-state index in [0.29, 0.717) is 5.75 Å². The number of anilines is 1. The molecule has 0 spiro atoms. The Labute approximate surface area is 158 Å². The number of carboxylic acid groups (broad SMARTS) is 1. The molecule has 0 bridgehead atoms. The highest BCUT2D eigenvalue weighted by atomic mass is 32.2. The first kappa shape index (κ1) is 19.8. The van der Waals surface area contributed by atoms with Crippen LogP contribution in [0.4, 0.5) is 5.69 Å². The van der Waals surface area contributed by atoms with E-state index < -0.39 is 5.97 Å². The normalized spacial score (nSPS) is 11.3. The van der Waals surface area contributed by atoms with E-state index in [0.717, 1.165) is 28.3 Å². The molecule has 2 aromatic rings. The summed E-state index contributed by atoms with van der Waals surface area (Å²) in [6, 6.07) is 12.0. The van der Waals surface area contributed by atoms with Crippen molar-refractivity contribution in [3.8, 4) is 5.75 Å². The molecule has 0 fully saturated rings. The number of thioether (sulfide) groups is 1. The zero-order valence-corrected chi connectivity index (χ0v) is 16.3. The highest BCUT2D eigenvalue weighted by Crippen LogP contribution is 2.25. The van der Waals surface area contributed by atoms with E-state index in [-0.39, 0.29) is 5.75 Å². The van der Waals surface area contributed by atoms with E-state index in [4.69, 9.17) is 9.84 Å². The second-order valence-corrected chi connectivity index (χ2v) is 7.08. The summed E-state index contributed by atoms with van der Waals surface area (Å²) in [5.74, 6) is 0.567. The SMILES string of the molecule is COc1ccc(/C(C)=N\Nc2cc(C)cc(C)c2)cc1CSCC(=O)O. The molecular formula is C20H24N2O3S. The maximum atomic E-state index is 10.7. The number of nitrogens with one attached hydrogen (secondary N) is 1. The molecule has 0 aliphatic heterocycles. The summed E-state index contributed by atoms with van der Waals surface area (Å²) in [5.41, 5.74) is 9.19. The van der Waals surface area contributed by atoms with Crippen LogP contribution in [-0.4, -0.2) is 29.7 Å². The number of benzene rings is 2. The molecule has 26 heavy (non-hydrogen) atoms. The molecule has 0 saturated carbocycles. The van der Waals surface area contributed by atoms with Crippen molar-refractivity contribution >= 4 is 29.1 Å². The van der Waals surface area contributed by atoms with Gasteiger partial charge in [0.25, 0.3) is 0 Å². The lowest BCUT2D eigenvalue weighted by Gasteiger charge is -2.11. The maximum absolute atomic E-state index is 10.7. The molecule has 0 aliphatic carbocycles. The second kappa shape index (κ2) is 9.29. The molecule has 0 aliphatic rings. The Morgan fingerprint density at radius 2 is 1.88 bits per heavy atom. The van der Waals surface area contributed by atoms with Gasteiger partial charge in [-0.15, -0.1) is 11.8 Å². The van der Waals surface area contributed by atoms with Crippen LogP contribution in [-0.2, 0) is 10.5 Å². The number of rotatable bonds is 8. The van der Waals surface area contributed by atoms with Gasteiger partial charge in [0.05, 0.1) is 24.3 Å². The monoisotopic (exact) mass is 372 g/mol. The van der Waals surface area contributed by atoms with Crippen molar-refractivity contribution in [2.24, 2.45) is 5.10 Å². The van der Waals surface area contributed by atoms with Crippen LogP contribution in [0.2, 0.25) is 0 Å². The Morgan fingerprint density at radius 1 is 1.19 bits per heavy atom. The van der Waals surface area contributed by atoms with Gasteiger partial charge >= 0.3 is 5.97 Å². The fourth-order valence-corrected chi connectivity index (χ4v) is 3.34. The Morgan fingerprint density at radius 3 is 2.50 bits per heavy atom. The summed E-state index contributed by atoms with van der Waals surface area (Å²) >= 11 is 1.34. The van der Waals surface area contributed by atoms with Gasteiger partial charge in [0.1, 0.15) is 5.75 Å². The first-order chi connectivity index (χ1) is 12.4. The van der Waals surface area contributed by atoms with E-state index >= 15 is 0 Å². The number of hydrogen-bond acceptors (Lipinski definition) is 5. The van der Waals surface area contributed by atoms with Crippen molar-refractivity contribution in [1.29, 1.82) is 0 Å². The van der Waals surface area contributed by atoms with Crippen molar-refractivity contribution in [2.45, 2.75) is 26.5 Å². The van der Waals surface area contributed by atoms with Gasteiger partial charge in [-0.05, 0) is 67.8 Å². The number of carbonyl (C=O) groups is 1. The average molecular weight is 372 g/mol. The molecule has 2 aromatic carbocycles. The highest BCUT2D eigenvalue weighted by molar-refractivity contribution is 7.99. The van der Waals surface area contributed by atoms with Gasteiger partial charge in [-0.3, -0.25) is 10.2 Å². The third-order valence-corrected chi connectivity index (χ3v) is 4.72. The third kappa shape index (κ3) is 5.81. The largest absolute Gasteiger partial charge is 0.496 e. The molecule has 2 N–H and O–H groups in total. The van der Waals surface area contributed by atoms with Crippen LogP contribution in [0.15, 0.2) is 41.5 Å². The van der Waals surface area contributed by atoms with Gasteiger partial charge in [-0.2, -0.15) is 5.10 Å². The van der Waals surface area contributed by atoms with E-state index in [1.165, 1.54) is 22.9 Å². The minimum Gasteiger partial charge on any atom is -0.496 e. The molecule has 0 aromatic heterocycles. The lowest BCUT2D eigenvalue weighted by Crippen LogP contribution is -2.03. The molecular weight excluding hydrogens is 348 g/mol. The number of nitrogens with zero attached hydrogens (tertiary/aromatic N) is 1. The highest BCUT2D eigenvalue weighted by Gasteiger charge is 2.08. The molecule has 6 heteroatoms. The van der Waals surface area contributed by atoms with Crippen molar-refractivity contribution in [3.63, 3.8) is 0 Å². The van der Waals surface area contributed by atoms with Crippen LogP contribution in [0.5, 0.6) is 5.75 Å². The quantitative estimate of drug-likeness (QED) is 0.529. The summed E-state index contributed by atoms with van der Waals surface area (Å²) in [4.78, 5) is 10.7. The zero-order valence-electron chi connectivity index (χ0n) is 15.5. The minimum atomic E-state index is -0.819. The second-order valence-electron chi connectivity index (χ2n) is 6.10. The summed E-state index contributed by atoms with van der Waals surface area (Å²) in [7, 11) is 1.61. The van der Waals surface area contributed by atoms with E-state index in [2.05, 4.69) is 30.4 Å². The first-order valence-corrected chi connectivity index (χ1v) is 9.40. The predicted molar refractivity (Wildman–Crippen MR) is 109 cm³/mol. The Kier molecular flexibility index (Phi) is 7.09. The van der Waals surface area contributed by atoms with Gasteiger partial charge in [0.15, 0.2) is 0 Å². The molecule has 0 amide bonds. The molecule has 138 valence electrons. The van der Waals surface area contributed by atoms with Crippen molar-refractivity contribution in [1.82, 2.24) is 0 Å². The minimum absolute atomic E-state index is 0.0642. The summed E-state index contributed by atoms with van der Waals surface area (Å²) < 4.78 is 5.38. The smallest absolute Gasteiger partial charge is 0.313 e. The Balaban J connectivity index is 2.16. The van der Waals surface area contributed by atoms with Crippen LogP contribution < -0.4 is 10.2 Å². The lowest BCUT2D eigenvalue weighted by atomic mass is 10.1. The zero-order chi connectivity index (χ0) is 19.1. The van der Waals surface area contributed by atoms with E-state index in [1.54, 1.807) is 7.11 Å². The molecule has 5 nitrogen and oxygen atoms in total. The number of methoxy groups -OCH3 is 1. The maximum Gasteiger partial charge on any atom is 0.313 e. The number of hydrogen-bond donors (Lipinski definition) is 2. The van der Waals surface area contributed by atoms with E-state index in [9.17, 15) is 4.79 Å². The van der Waals surface area contributed by atoms with Gasteiger partial charge in [-0.1, -0.05) is 6.07 Å². The van der Waals surface area contributed by atoms with Crippen molar-refractivity contribution in [3.05, 3.63) is 58.7 Å². The van der Waals surface area contributed by atoms with Crippen LogP contribution in [0, 0.1) is 13.8 Å². The molecule has 2 rings (SSSR count). The van der Waals surface area contributed by atoms with Crippen molar-refractivity contribution in [2.75, 3.05) is 18.3 Å². The van der Waals surface area contributed by atoms with Gasteiger partial charge in [-0.25, -0.2) is 0 Å².